The number of esters is 2. The number of hydrogen-bond acceptors (Lipinski definition) is 4. The van der Waals surface area contributed by atoms with E-state index in [1.54, 1.807) is 6.08 Å². The fourth-order valence-electron chi connectivity index (χ4n) is 3.74. The summed E-state index contributed by atoms with van der Waals surface area (Å²) in [6, 6.07) is 18.8. The minimum atomic E-state index is -1.35. The van der Waals surface area contributed by atoms with Crippen molar-refractivity contribution in [2.75, 3.05) is 0 Å². The zero-order chi connectivity index (χ0) is 20.7. The molecule has 0 amide bonds. The van der Waals surface area contributed by atoms with E-state index in [1.165, 1.54) is 0 Å². The third-order valence-electron chi connectivity index (χ3n) is 5.36. The Kier molecular flexibility index (Phi) is 6.65. The van der Waals surface area contributed by atoms with Crippen molar-refractivity contribution < 1.29 is 19.1 Å². The zero-order valence-corrected chi connectivity index (χ0v) is 16.5. The zero-order valence-electron chi connectivity index (χ0n) is 16.5. The summed E-state index contributed by atoms with van der Waals surface area (Å²) in [4.78, 5) is 26.2. The van der Waals surface area contributed by atoms with E-state index in [0.717, 1.165) is 16.7 Å². The first-order chi connectivity index (χ1) is 14.0. The summed E-state index contributed by atoms with van der Waals surface area (Å²) in [5.41, 5.74) is 1.24. The van der Waals surface area contributed by atoms with Crippen LogP contribution in [0, 0.1) is 11.3 Å². The van der Waals surface area contributed by atoms with Crippen molar-refractivity contribution in [2.24, 2.45) is 11.3 Å². The number of allylic oxidation sites excluding steroid dienone is 2. The average Bonchev–Trinajstić information content (AvgIpc) is 3.09. The van der Waals surface area contributed by atoms with E-state index < -0.39 is 17.4 Å². The lowest BCUT2D eigenvalue weighted by atomic mass is 9.84. The van der Waals surface area contributed by atoms with Gasteiger partial charge in [0.15, 0.2) is 5.41 Å². The Morgan fingerprint density at radius 1 is 0.931 bits per heavy atom. The Bertz CT molecular complexity index is 815. The van der Waals surface area contributed by atoms with Crippen LogP contribution in [-0.4, -0.2) is 11.9 Å². The summed E-state index contributed by atoms with van der Waals surface area (Å²) >= 11 is 0. The predicted molar refractivity (Wildman–Crippen MR) is 112 cm³/mol. The number of carbonyl (C=O) groups is 2. The van der Waals surface area contributed by atoms with Gasteiger partial charge in [-0.3, -0.25) is 9.59 Å². The van der Waals surface area contributed by atoms with E-state index in [4.69, 9.17) is 9.47 Å². The van der Waals surface area contributed by atoms with E-state index in [2.05, 4.69) is 13.2 Å². The lowest BCUT2D eigenvalue weighted by Gasteiger charge is -2.25. The highest BCUT2D eigenvalue weighted by atomic mass is 16.6. The summed E-state index contributed by atoms with van der Waals surface area (Å²) in [5, 5.41) is 0. The SMILES string of the molecule is C=CCC1CC(C(=O)OCc2ccccc2)(C(=O)OCc2ccccc2)CC1=C. The highest BCUT2D eigenvalue weighted by Crippen LogP contribution is 2.48. The molecular formula is C25H26O4. The molecule has 0 saturated heterocycles. The van der Waals surface area contributed by atoms with Crippen molar-refractivity contribution in [3.8, 4) is 0 Å². The molecule has 150 valence electrons. The molecule has 0 radical (unpaired) electrons. The molecule has 0 N–H and O–H groups in total. The normalized spacial score (nSPS) is 17.5. The number of hydrogen-bond donors (Lipinski definition) is 0. The van der Waals surface area contributed by atoms with Crippen LogP contribution in [0.15, 0.2) is 85.5 Å². The minimum absolute atomic E-state index is 0.0149. The number of rotatable bonds is 8. The molecule has 3 rings (SSSR count). The van der Waals surface area contributed by atoms with Crippen LogP contribution in [-0.2, 0) is 32.3 Å². The van der Waals surface area contributed by atoms with Gasteiger partial charge in [0.2, 0.25) is 0 Å². The molecule has 2 aromatic carbocycles. The number of benzene rings is 2. The van der Waals surface area contributed by atoms with E-state index in [1.807, 2.05) is 60.7 Å². The van der Waals surface area contributed by atoms with Crippen molar-refractivity contribution in [3.63, 3.8) is 0 Å². The topological polar surface area (TPSA) is 52.6 Å². The molecule has 4 heteroatoms. The molecule has 0 aliphatic heterocycles. The Labute approximate surface area is 171 Å². The maximum atomic E-state index is 13.1. The molecule has 0 heterocycles. The van der Waals surface area contributed by atoms with Gasteiger partial charge >= 0.3 is 11.9 Å². The summed E-state index contributed by atoms with van der Waals surface area (Å²) in [7, 11) is 0. The van der Waals surface area contributed by atoms with Gasteiger partial charge in [0, 0.05) is 0 Å². The van der Waals surface area contributed by atoms with E-state index >= 15 is 0 Å². The molecule has 1 saturated carbocycles. The summed E-state index contributed by atoms with van der Waals surface area (Å²) in [6.07, 6.45) is 3.03. The van der Waals surface area contributed by atoms with Gasteiger partial charge in [0.05, 0.1) is 0 Å². The molecule has 0 aromatic heterocycles. The molecule has 2 aromatic rings. The fourth-order valence-corrected chi connectivity index (χ4v) is 3.74. The van der Waals surface area contributed by atoms with Gasteiger partial charge in [-0.25, -0.2) is 0 Å². The standard InChI is InChI=1S/C25H26O4/c1-3-10-22-16-25(15-19(22)2,23(26)28-17-20-11-6-4-7-12-20)24(27)29-18-21-13-8-5-9-14-21/h3-9,11-14,22H,1-2,10,15-18H2. The smallest absolute Gasteiger partial charge is 0.324 e. The molecule has 1 aliphatic rings. The minimum Gasteiger partial charge on any atom is -0.460 e. The lowest BCUT2D eigenvalue weighted by Crippen LogP contribution is -2.40. The van der Waals surface area contributed by atoms with Crippen LogP contribution in [0.3, 0.4) is 0 Å². The molecule has 29 heavy (non-hydrogen) atoms. The van der Waals surface area contributed by atoms with Crippen molar-refractivity contribution in [1.82, 2.24) is 0 Å². The van der Waals surface area contributed by atoms with Gasteiger partial charge in [0.25, 0.3) is 0 Å². The summed E-state index contributed by atoms with van der Waals surface area (Å²) in [5.74, 6) is -1.08. The van der Waals surface area contributed by atoms with Crippen molar-refractivity contribution in [1.29, 1.82) is 0 Å². The molecule has 1 atom stereocenters. The van der Waals surface area contributed by atoms with E-state index in [0.29, 0.717) is 12.8 Å². The molecular weight excluding hydrogens is 364 g/mol. The second-order valence-electron chi connectivity index (χ2n) is 7.47. The Morgan fingerprint density at radius 3 is 1.86 bits per heavy atom. The van der Waals surface area contributed by atoms with Gasteiger partial charge in [-0.1, -0.05) is 78.9 Å². The summed E-state index contributed by atoms with van der Waals surface area (Å²) < 4.78 is 11.1. The van der Waals surface area contributed by atoms with Gasteiger partial charge in [-0.15, -0.1) is 6.58 Å². The average molecular weight is 390 g/mol. The Balaban J connectivity index is 1.76. The number of carbonyl (C=O) groups excluding carboxylic acids is 2. The predicted octanol–water partition coefficient (Wildman–Crippen LogP) is 5.00. The molecule has 1 fully saturated rings. The highest BCUT2D eigenvalue weighted by Gasteiger charge is 2.55. The molecule has 1 aliphatic carbocycles. The fraction of sp³-hybridized carbons (Fsp3) is 0.280. The first kappa shape index (κ1) is 20.6. The van der Waals surface area contributed by atoms with Crippen LogP contribution in [0.4, 0.5) is 0 Å². The number of ether oxygens (including phenoxy) is 2. The van der Waals surface area contributed by atoms with Gasteiger partial charge in [-0.05, 0) is 36.3 Å². The maximum Gasteiger partial charge on any atom is 0.324 e. The second kappa shape index (κ2) is 9.37. The van der Waals surface area contributed by atoms with E-state index in [9.17, 15) is 9.59 Å². The third kappa shape index (κ3) is 4.83. The summed E-state index contributed by atoms with van der Waals surface area (Å²) in [6.45, 7) is 8.10. The van der Waals surface area contributed by atoms with E-state index in [-0.39, 0.29) is 25.6 Å². The lowest BCUT2D eigenvalue weighted by molar-refractivity contribution is -0.174. The van der Waals surface area contributed by atoms with Gasteiger partial charge in [-0.2, -0.15) is 0 Å². The van der Waals surface area contributed by atoms with Crippen LogP contribution in [0.25, 0.3) is 0 Å². The van der Waals surface area contributed by atoms with Crippen LogP contribution in [0.2, 0.25) is 0 Å². The quantitative estimate of drug-likeness (QED) is 0.361. The van der Waals surface area contributed by atoms with Crippen LogP contribution >= 0.6 is 0 Å². The molecule has 4 nitrogen and oxygen atoms in total. The van der Waals surface area contributed by atoms with Crippen molar-refractivity contribution in [3.05, 3.63) is 96.6 Å². The maximum absolute atomic E-state index is 13.1. The molecule has 1 unspecified atom stereocenters. The third-order valence-corrected chi connectivity index (χ3v) is 5.36. The molecule has 0 spiro atoms. The van der Waals surface area contributed by atoms with Gasteiger partial charge < -0.3 is 9.47 Å². The van der Waals surface area contributed by atoms with Crippen molar-refractivity contribution >= 4 is 11.9 Å². The van der Waals surface area contributed by atoms with Crippen molar-refractivity contribution in [2.45, 2.75) is 32.5 Å². The Hall–Kier alpha value is -3.14. The first-order valence-electron chi connectivity index (χ1n) is 9.76. The van der Waals surface area contributed by atoms with Crippen LogP contribution in [0.5, 0.6) is 0 Å². The van der Waals surface area contributed by atoms with Crippen LogP contribution in [0.1, 0.15) is 30.4 Å². The van der Waals surface area contributed by atoms with Crippen LogP contribution < -0.4 is 0 Å². The monoisotopic (exact) mass is 390 g/mol. The Morgan fingerprint density at radius 2 is 1.41 bits per heavy atom. The second-order valence-corrected chi connectivity index (χ2v) is 7.47. The highest BCUT2D eigenvalue weighted by molar-refractivity contribution is 6.01. The first-order valence-corrected chi connectivity index (χ1v) is 9.76. The van der Waals surface area contributed by atoms with Gasteiger partial charge in [0.1, 0.15) is 13.2 Å². The molecule has 0 bridgehead atoms. The largest absolute Gasteiger partial charge is 0.460 e.